The maximum Gasteiger partial charge on any atom is 0.291 e. The Morgan fingerprint density at radius 2 is 1.83 bits per heavy atom. The molecule has 6 heteroatoms. The van der Waals surface area contributed by atoms with E-state index in [1.165, 1.54) is 18.2 Å². The van der Waals surface area contributed by atoms with Gasteiger partial charge in [-0.05, 0) is 54.6 Å². The first-order chi connectivity index (χ1) is 11.0. The Hall–Kier alpha value is -2.11. The molecule has 3 nitrogen and oxygen atoms in total. The lowest BCUT2D eigenvalue weighted by molar-refractivity contribution is 0.0997. The van der Waals surface area contributed by atoms with Crippen molar-refractivity contribution in [3.05, 3.63) is 75.7 Å². The van der Waals surface area contributed by atoms with Crippen LogP contribution < -0.4 is 5.32 Å². The molecule has 3 rings (SSSR count). The monoisotopic (exact) mass is 393 g/mol. The number of carbonyl (C=O) groups is 1. The quantitative estimate of drug-likeness (QED) is 0.614. The van der Waals surface area contributed by atoms with E-state index in [1.54, 1.807) is 24.3 Å². The second-order valence-corrected chi connectivity index (χ2v) is 6.08. The molecule has 0 spiro atoms. The largest absolute Gasteiger partial charge is 0.451 e. The van der Waals surface area contributed by atoms with Crippen molar-refractivity contribution in [2.45, 2.75) is 0 Å². The minimum atomic E-state index is -0.504. The minimum absolute atomic E-state index is 0.000219. The minimum Gasteiger partial charge on any atom is -0.451 e. The number of furan rings is 1. The van der Waals surface area contributed by atoms with Crippen LogP contribution in [-0.4, -0.2) is 5.91 Å². The molecule has 0 bridgehead atoms. The number of hydrogen-bond donors (Lipinski definition) is 1. The van der Waals surface area contributed by atoms with Gasteiger partial charge in [-0.2, -0.15) is 0 Å². The molecule has 0 aliphatic heterocycles. The zero-order valence-electron chi connectivity index (χ0n) is 11.6. The molecule has 0 unspecified atom stereocenters. The van der Waals surface area contributed by atoms with Gasteiger partial charge in [-0.25, -0.2) is 4.39 Å². The molecule has 1 N–H and O–H groups in total. The Kier molecular flexibility index (Phi) is 4.50. The lowest BCUT2D eigenvalue weighted by atomic mass is 10.2. The van der Waals surface area contributed by atoms with Gasteiger partial charge in [0.1, 0.15) is 11.6 Å². The van der Waals surface area contributed by atoms with Gasteiger partial charge in [0.2, 0.25) is 0 Å². The van der Waals surface area contributed by atoms with E-state index < -0.39 is 5.82 Å². The molecule has 1 aromatic heterocycles. The van der Waals surface area contributed by atoms with Crippen LogP contribution in [0.1, 0.15) is 10.6 Å². The Morgan fingerprint density at radius 1 is 1.09 bits per heavy atom. The topological polar surface area (TPSA) is 42.2 Å². The van der Waals surface area contributed by atoms with Crippen LogP contribution >= 0.6 is 27.5 Å². The third-order valence-corrected chi connectivity index (χ3v) is 3.95. The molecule has 2 aromatic carbocycles. The summed E-state index contributed by atoms with van der Waals surface area (Å²) in [5.41, 5.74) is 1.25. The van der Waals surface area contributed by atoms with Gasteiger partial charge in [-0.15, -0.1) is 0 Å². The third-order valence-electron chi connectivity index (χ3n) is 3.14. The molecule has 1 amide bonds. The maximum absolute atomic E-state index is 13.2. The average Bonchev–Trinajstić information content (AvgIpc) is 3.02. The highest BCUT2D eigenvalue weighted by atomic mass is 79.9. The molecule has 116 valence electrons. The van der Waals surface area contributed by atoms with E-state index >= 15 is 0 Å². The van der Waals surface area contributed by atoms with Crippen LogP contribution in [0.4, 0.5) is 10.1 Å². The molecule has 0 aliphatic rings. The van der Waals surface area contributed by atoms with Crippen molar-refractivity contribution in [1.82, 2.24) is 0 Å². The standard InChI is InChI=1S/C17H10BrClFNO2/c18-11-2-4-12(5-3-11)21-17(22)16-8-7-15(23-16)10-1-6-14(20)13(19)9-10/h1-9H,(H,21,22). The number of nitrogens with one attached hydrogen (secondary N) is 1. The molecule has 0 atom stereocenters. The SMILES string of the molecule is O=C(Nc1ccc(Br)cc1)c1ccc(-c2ccc(F)c(Cl)c2)o1. The summed E-state index contributed by atoms with van der Waals surface area (Å²) in [6.07, 6.45) is 0. The predicted octanol–water partition coefficient (Wildman–Crippen LogP) is 5.75. The molecule has 23 heavy (non-hydrogen) atoms. The summed E-state index contributed by atoms with van der Waals surface area (Å²) >= 11 is 9.08. The van der Waals surface area contributed by atoms with Gasteiger partial charge < -0.3 is 9.73 Å². The number of halogens is 3. The lowest BCUT2D eigenvalue weighted by Gasteiger charge is -2.03. The van der Waals surface area contributed by atoms with Gasteiger partial charge in [0, 0.05) is 15.7 Å². The van der Waals surface area contributed by atoms with Crippen molar-refractivity contribution in [3.8, 4) is 11.3 Å². The second-order valence-electron chi connectivity index (χ2n) is 4.75. The van der Waals surface area contributed by atoms with Crippen molar-refractivity contribution in [1.29, 1.82) is 0 Å². The summed E-state index contributed by atoms with van der Waals surface area (Å²) in [6.45, 7) is 0. The summed E-state index contributed by atoms with van der Waals surface area (Å²) in [5, 5.41) is 2.73. The lowest BCUT2D eigenvalue weighted by Crippen LogP contribution is -2.10. The van der Waals surface area contributed by atoms with Gasteiger partial charge in [0.05, 0.1) is 5.02 Å². The van der Waals surface area contributed by atoms with Crippen LogP contribution in [0.25, 0.3) is 11.3 Å². The number of amides is 1. The van der Waals surface area contributed by atoms with Crippen LogP contribution in [-0.2, 0) is 0 Å². The van der Waals surface area contributed by atoms with E-state index in [1.807, 2.05) is 12.1 Å². The molecule has 0 radical (unpaired) electrons. The van der Waals surface area contributed by atoms with E-state index in [9.17, 15) is 9.18 Å². The predicted molar refractivity (Wildman–Crippen MR) is 91.2 cm³/mol. The third kappa shape index (κ3) is 3.63. The van der Waals surface area contributed by atoms with Crippen molar-refractivity contribution in [3.63, 3.8) is 0 Å². The van der Waals surface area contributed by atoms with Crippen molar-refractivity contribution in [2.24, 2.45) is 0 Å². The Morgan fingerprint density at radius 3 is 2.52 bits per heavy atom. The molecule has 3 aromatic rings. The van der Waals surface area contributed by atoms with Gasteiger partial charge in [-0.1, -0.05) is 27.5 Å². The summed E-state index contributed by atoms with van der Waals surface area (Å²) < 4.78 is 19.6. The number of rotatable bonds is 3. The smallest absolute Gasteiger partial charge is 0.291 e. The fourth-order valence-corrected chi connectivity index (χ4v) is 2.44. The van der Waals surface area contributed by atoms with Gasteiger partial charge in [0.25, 0.3) is 5.91 Å². The molecular weight excluding hydrogens is 385 g/mol. The zero-order chi connectivity index (χ0) is 16.4. The van der Waals surface area contributed by atoms with Crippen LogP contribution in [0.15, 0.2) is 63.5 Å². The van der Waals surface area contributed by atoms with Gasteiger partial charge in [-0.3, -0.25) is 4.79 Å². The van der Waals surface area contributed by atoms with Crippen LogP contribution in [0, 0.1) is 5.82 Å². The first kappa shape index (κ1) is 15.8. The first-order valence-corrected chi connectivity index (χ1v) is 7.82. The molecule has 0 saturated carbocycles. The van der Waals surface area contributed by atoms with Crippen LogP contribution in [0.3, 0.4) is 0 Å². The van der Waals surface area contributed by atoms with Crippen LogP contribution in [0.5, 0.6) is 0 Å². The highest BCUT2D eigenvalue weighted by Gasteiger charge is 2.13. The van der Waals surface area contributed by atoms with Crippen LogP contribution in [0.2, 0.25) is 5.02 Å². The molecule has 0 aliphatic carbocycles. The highest BCUT2D eigenvalue weighted by Crippen LogP contribution is 2.27. The molecule has 1 heterocycles. The fourth-order valence-electron chi connectivity index (χ4n) is 1.99. The van der Waals surface area contributed by atoms with Gasteiger partial charge >= 0.3 is 0 Å². The van der Waals surface area contributed by atoms with E-state index in [-0.39, 0.29) is 16.7 Å². The summed E-state index contributed by atoms with van der Waals surface area (Å²) in [7, 11) is 0. The average molecular weight is 395 g/mol. The fraction of sp³-hybridized carbons (Fsp3) is 0. The van der Waals surface area contributed by atoms with Crippen molar-refractivity contribution < 1.29 is 13.6 Å². The van der Waals surface area contributed by atoms with Crippen molar-refractivity contribution in [2.75, 3.05) is 5.32 Å². The molecule has 0 saturated heterocycles. The van der Waals surface area contributed by atoms with E-state index in [4.69, 9.17) is 16.0 Å². The zero-order valence-corrected chi connectivity index (χ0v) is 14.0. The summed E-state index contributed by atoms with van der Waals surface area (Å²) in [4.78, 5) is 12.2. The Labute approximate surface area is 145 Å². The molecular formula is C17H10BrClFNO2. The van der Waals surface area contributed by atoms with Gasteiger partial charge in [0.15, 0.2) is 5.76 Å². The number of benzene rings is 2. The summed E-state index contributed by atoms with van der Waals surface area (Å²) in [5.74, 6) is -0.279. The number of carbonyl (C=O) groups excluding carboxylic acids is 1. The van der Waals surface area contributed by atoms with E-state index in [2.05, 4.69) is 21.2 Å². The second kappa shape index (κ2) is 6.56. The Bertz CT molecular complexity index is 861. The normalized spacial score (nSPS) is 10.6. The first-order valence-electron chi connectivity index (χ1n) is 6.65. The number of hydrogen-bond acceptors (Lipinski definition) is 2. The van der Waals surface area contributed by atoms with E-state index in [0.29, 0.717) is 17.0 Å². The molecule has 0 fully saturated rings. The summed E-state index contributed by atoms with van der Waals surface area (Å²) in [6, 6.07) is 14.6. The van der Waals surface area contributed by atoms with E-state index in [0.717, 1.165) is 4.47 Å². The highest BCUT2D eigenvalue weighted by molar-refractivity contribution is 9.10. The Balaban J connectivity index is 1.79. The number of anilines is 1. The van der Waals surface area contributed by atoms with Crippen molar-refractivity contribution >= 4 is 39.1 Å². The maximum atomic E-state index is 13.2.